The number of rotatable bonds is 4. The van der Waals surface area contributed by atoms with Crippen LogP contribution < -0.4 is 9.54 Å². The van der Waals surface area contributed by atoms with Gasteiger partial charge in [-0.25, -0.2) is 0 Å². The van der Waals surface area contributed by atoms with E-state index in [1.807, 2.05) is 35.8 Å². The van der Waals surface area contributed by atoms with Gasteiger partial charge in [-0.05, 0) is 43.3 Å². The van der Waals surface area contributed by atoms with Crippen LogP contribution in [0.15, 0.2) is 57.8 Å². The molecule has 0 aliphatic heterocycles. The highest BCUT2D eigenvalue weighted by Gasteiger charge is 2.14. The second-order valence-corrected chi connectivity index (χ2v) is 7.45. The molecule has 1 heterocycles. The normalized spacial score (nSPS) is 12.7. The van der Waals surface area contributed by atoms with Gasteiger partial charge in [0, 0.05) is 6.54 Å². The molecule has 5 nitrogen and oxygen atoms in total. The maximum atomic E-state index is 12.5. The second kappa shape index (κ2) is 6.17. The van der Waals surface area contributed by atoms with Gasteiger partial charge in [-0.2, -0.15) is 8.42 Å². The first kappa shape index (κ1) is 15.8. The maximum Gasteiger partial charge on any atom is 0.285 e. The molecule has 0 amide bonds. The molecule has 0 saturated heterocycles. The van der Waals surface area contributed by atoms with E-state index in [4.69, 9.17) is 4.74 Å². The number of hydrogen-bond acceptors (Lipinski definition) is 4. The minimum absolute atomic E-state index is 0.151. The van der Waals surface area contributed by atoms with Crippen molar-refractivity contribution in [1.82, 2.24) is 4.57 Å². The van der Waals surface area contributed by atoms with Gasteiger partial charge in [-0.1, -0.05) is 23.5 Å². The monoisotopic (exact) mass is 348 g/mol. The molecule has 0 saturated carbocycles. The van der Waals surface area contributed by atoms with Crippen molar-refractivity contribution in [3.05, 3.63) is 53.3 Å². The van der Waals surface area contributed by atoms with Crippen LogP contribution in [0.25, 0.3) is 10.2 Å². The van der Waals surface area contributed by atoms with Crippen molar-refractivity contribution in [2.45, 2.75) is 18.4 Å². The Hall–Kier alpha value is -2.12. The Bertz CT molecular complexity index is 1000. The van der Waals surface area contributed by atoms with E-state index in [0.717, 1.165) is 10.2 Å². The molecule has 0 aliphatic rings. The molecule has 3 aromatic rings. The fourth-order valence-electron chi connectivity index (χ4n) is 2.30. The van der Waals surface area contributed by atoms with Crippen molar-refractivity contribution in [2.75, 3.05) is 7.11 Å². The Balaban J connectivity index is 2.16. The largest absolute Gasteiger partial charge is 0.497 e. The van der Waals surface area contributed by atoms with E-state index < -0.39 is 10.0 Å². The van der Waals surface area contributed by atoms with Crippen LogP contribution in [0.5, 0.6) is 5.75 Å². The van der Waals surface area contributed by atoms with Gasteiger partial charge in [0.05, 0.1) is 22.2 Å². The predicted octanol–water partition coefficient (Wildman–Crippen LogP) is 3.02. The second-order valence-electron chi connectivity index (χ2n) is 4.84. The number of nitrogens with zero attached hydrogens (tertiary/aromatic N) is 2. The quantitative estimate of drug-likeness (QED) is 0.728. The first-order valence-corrected chi connectivity index (χ1v) is 9.34. The number of aryl methyl sites for hydroxylation is 1. The number of hydrogen-bond donors (Lipinski definition) is 0. The molecule has 0 atom stereocenters. The van der Waals surface area contributed by atoms with E-state index in [9.17, 15) is 8.42 Å². The molecule has 1 aromatic heterocycles. The highest BCUT2D eigenvalue weighted by molar-refractivity contribution is 7.90. The van der Waals surface area contributed by atoms with Crippen LogP contribution in [0.1, 0.15) is 6.92 Å². The van der Waals surface area contributed by atoms with Crippen molar-refractivity contribution in [2.24, 2.45) is 4.40 Å². The van der Waals surface area contributed by atoms with Crippen LogP contribution in [0.4, 0.5) is 0 Å². The molecule has 0 spiro atoms. The summed E-state index contributed by atoms with van der Waals surface area (Å²) in [7, 11) is -2.22. The number of methoxy groups -OCH3 is 1. The van der Waals surface area contributed by atoms with Crippen LogP contribution in [0.3, 0.4) is 0 Å². The van der Waals surface area contributed by atoms with E-state index in [-0.39, 0.29) is 4.90 Å². The van der Waals surface area contributed by atoms with Gasteiger partial charge < -0.3 is 9.30 Å². The highest BCUT2D eigenvalue weighted by atomic mass is 32.2. The average Bonchev–Trinajstić information content (AvgIpc) is 2.91. The summed E-state index contributed by atoms with van der Waals surface area (Å²) >= 11 is 1.37. The van der Waals surface area contributed by atoms with Gasteiger partial charge in [0.25, 0.3) is 10.0 Å². The van der Waals surface area contributed by atoms with Crippen LogP contribution in [0, 0.1) is 0 Å². The summed E-state index contributed by atoms with van der Waals surface area (Å²) in [6.07, 6.45) is 0. The molecule has 0 N–H and O–H groups in total. The van der Waals surface area contributed by atoms with E-state index >= 15 is 0 Å². The summed E-state index contributed by atoms with van der Waals surface area (Å²) < 4.78 is 37.1. The van der Waals surface area contributed by atoms with Gasteiger partial charge >= 0.3 is 0 Å². The SMILES string of the molecule is CCn1/c(=N/S(=O)(=O)c2ccc(OC)cc2)sc2ccccc21. The lowest BCUT2D eigenvalue weighted by Crippen LogP contribution is -2.16. The smallest absolute Gasteiger partial charge is 0.285 e. The zero-order chi connectivity index (χ0) is 16.4. The van der Waals surface area contributed by atoms with Gasteiger partial charge in [0.2, 0.25) is 4.80 Å². The van der Waals surface area contributed by atoms with Crippen molar-refractivity contribution >= 4 is 31.6 Å². The molecule has 0 aliphatic carbocycles. The summed E-state index contributed by atoms with van der Waals surface area (Å²) in [6, 6.07) is 14.0. The molecule has 0 radical (unpaired) electrons. The van der Waals surface area contributed by atoms with Crippen molar-refractivity contribution in [1.29, 1.82) is 0 Å². The molecule has 120 valence electrons. The lowest BCUT2D eigenvalue weighted by molar-refractivity contribution is 0.414. The third-order valence-electron chi connectivity index (χ3n) is 3.46. The predicted molar refractivity (Wildman–Crippen MR) is 91.2 cm³/mol. The Morgan fingerprint density at radius 2 is 1.83 bits per heavy atom. The molecule has 0 unspecified atom stereocenters. The zero-order valence-electron chi connectivity index (χ0n) is 12.8. The van der Waals surface area contributed by atoms with Crippen LogP contribution in [0.2, 0.25) is 0 Å². The lowest BCUT2D eigenvalue weighted by atomic mass is 10.3. The molecule has 2 aromatic carbocycles. The van der Waals surface area contributed by atoms with Crippen LogP contribution in [-0.2, 0) is 16.6 Å². The first-order valence-electron chi connectivity index (χ1n) is 7.08. The molecule has 7 heteroatoms. The van der Waals surface area contributed by atoms with Gasteiger partial charge in [-0.3, -0.25) is 0 Å². The van der Waals surface area contributed by atoms with Crippen molar-refractivity contribution < 1.29 is 13.2 Å². The Morgan fingerprint density at radius 3 is 2.48 bits per heavy atom. The average molecular weight is 348 g/mol. The minimum atomic E-state index is -3.76. The third-order valence-corrected chi connectivity index (χ3v) is 5.92. The zero-order valence-corrected chi connectivity index (χ0v) is 14.4. The number of aromatic nitrogens is 1. The highest BCUT2D eigenvalue weighted by Crippen LogP contribution is 2.19. The van der Waals surface area contributed by atoms with E-state index in [1.54, 1.807) is 12.1 Å². The van der Waals surface area contributed by atoms with Gasteiger partial charge in [0.1, 0.15) is 5.75 Å². The lowest BCUT2D eigenvalue weighted by Gasteiger charge is -2.02. The fourth-order valence-corrected chi connectivity index (χ4v) is 4.60. The minimum Gasteiger partial charge on any atom is -0.497 e. The fraction of sp³-hybridized carbons (Fsp3) is 0.188. The number of thiazole rings is 1. The summed E-state index contributed by atoms with van der Waals surface area (Å²) in [4.78, 5) is 0.628. The number of benzene rings is 2. The van der Waals surface area contributed by atoms with Crippen molar-refractivity contribution in [3.8, 4) is 5.75 Å². The number of fused-ring (bicyclic) bond motifs is 1. The third kappa shape index (κ3) is 3.02. The summed E-state index contributed by atoms with van der Waals surface area (Å²) in [5.41, 5.74) is 0.990. The molecule has 23 heavy (non-hydrogen) atoms. The Labute approximate surface area is 138 Å². The number of para-hydroxylation sites is 1. The van der Waals surface area contributed by atoms with E-state index in [0.29, 0.717) is 17.1 Å². The van der Waals surface area contributed by atoms with Crippen molar-refractivity contribution in [3.63, 3.8) is 0 Å². The standard InChI is InChI=1S/C16H16N2O3S2/c1-3-18-14-6-4-5-7-15(14)22-16(18)17-23(19,20)13-10-8-12(21-2)9-11-13/h4-11H,3H2,1-2H3/b17-16-. The van der Waals surface area contributed by atoms with Crippen LogP contribution >= 0.6 is 11.3 Å². The van der Waals surface area contributed by atoms with Gasteiger partial charge in [0.15, 0.2) is 0 Å². The summed E-state index contributed by atoms with van der Waals surface area (Å²) in [5.74, 6) is 0.606. The van der Waals surface area contributed by atoms with Gasteiger partial charge in [-0.15, -0.1) is 4.40 Å². The maximum absolute atomic E-state index is 12.5. The number of sulfonamides is 1. The first-order chi connectivity index (χ1) is 11.0. The van der Waals surface area contributed by atoms with E-state index in [2.05, 4.69) is 4.40 Å². The molecule has 0 fully saturated rings. The number of ether oxygens (including phenoxy) is 1. The molecule has 0 bridgehead atoms. The Morgan fingerprint density at radius 1 is 1.13 bits per heavy atom. The molecular weight excluding hydrogens is 332 g/mol. The summed E-state index contributed by atoms with van der Waals surface area (Å²) in [5, 5.41) is 0. The summed E-state index contributed by atoms with van der Waals surface area (Å²) in [6.45, 7) is 2.62. The Kier molecular flexibility index (Phi) is 4.23. The van der Waals surface area contributed by atoms with Crippen LogP contribution in [-0.4, -0.2) is 20.1 Å². The van der Waals surface area contributed by atoms with E-state index in [1.165, 1.54) is 30.6 Å². The topological polar surface area (TPSA) is 60.7 Å². The molecular formula is C16H16N2O3S2. The molecule has 3 rings (SSSR count).